The van der Waals surface area contributed by atoms with Gasteiger partial charge in [0.2, 0.25) is 26.8 Å². The highest BCUT2D eigenvalue weighted by molar-refractivity contribution is 7.89. The molecule has 0 spiro atoms. The van der Waals surface area contributed by atoms with Crippen LogP contribution in [0.5, 0.6) is 11.5 Å². The second-order valence-electron chi connectivity index (χ2n) is 14.0. The number of aliphatic hydroxyl groups excluding tert-OH is 1. The number of rotatable bonds is 16. The molecule has 0 bridgehead atoms. The number of nitrogens with zero attached hydrogens (tertiary/aromatic N) is 2. The summed E-state index contributed by atoms with van der Waals surface area (Å²) >= 11 is 0. The Balaban J connectivity index is 1.30. The first-order chi connectivity index (χ1) is 24.7. The van der Waals surface area contributed by atoms with Gasteiger partial charge in [-0.2, -0.15) is 4.31 Å². The van der Waals surface area contributed by atoms with Gasteiger partial charge in [0.1, 0.15) is 0 Å². The summed E-state index contributed by atoms with van der Waals surface area (Å²) in [5.41, 5.74) is -0.0654. The highest BCUT2D eigenvalue weighted by Gasteiger charge is 2.49. The first-order valence-corrected chi connectivity index (χ1v) is 20.1. The van der Waals surface area contributed by atoms with Crippen LogP contribution in [0.1, 0.15) is 32.3 Å². The molecule has 282 valence electrons. The smallest absolute Gasteiger partial charge is 0.407 e. The number of sulfonamides is 2. The van der Waals surface area contributed by atoms with Gasteiger partial charge in [-0.25, -0.2) is 26.4 Å². The van der Waals surface area contributed by atoms with Gasteiger partial charge in [0.05, 0.1) is 41.2 Å². The lowest BCUT2D eigenvalue weighted by atomic mass is 9.89. The van der Waals surface area contributed by atoms with Gasteiger partial charge >= 0.3 is 6.09 Å². The summed E-state index contributed by atoms with van der Waals surface area (Å²) in [5, 5.41) is 22.8. The van der Waals surface area contributed by atoms with Crippen molar-refractivity contribution in [2.24, 2.45) is 11.3 Å². The Morgan fingerprint density at radius 2 is 1.63 bits per heavy atom. The van der Waals surface area contributed by atoms with Crippen LogP contribution in [0.4, 0.5) is 4.79 Å². The quantitative estimate of drug-likeness (QED) is 0.195. The first kappa shape index (κ1) is 38.0. The van der Waals surface area contributed by atoms with Gasteiger partial charge in [0.15, 0.2) is 17.8 Å². The van der Waals surface area contributed by atoms with E-state index < -0.39 is 62.6 Å². The molecule has 5 atom stereocenters. The predicted octanol–water partition coefficient (Wildman–Crippen LogP) is 3.51. The summed E-state index contributed by atoms with van der Waals surface area (Å²) in [5.74, 6) is 0.405. The molecule has 3 aliphatic heterocycles. The first-order valence-electron chi connectivity index (χ1n) is 17.2. The predicted molar refractivity (Wildman–Crippen MR) is 189 cm³/mol. The minimum absolute atomic E-state index is 0.0143. The molecule has 16 heteroatoms. The maximum Gasteiger partial charge on any atom is 0.407 e. The van der Waals surface area contributed by atoms with Crippen LogP contribution in [0.2, 0.25) is 0 Å². The number of fused-ring (bicyclic) bond motifs is 2. The number of hydrogen-bond donors (Lipinski definition) is 3. The van der Waals surface area contributed by atoms with E-state index >= 15 is 0 Å². The SMILES string of the molecule is CC(C)(CCNS(=O)(=O)c1ccccc1)CN(C[C@@H](O)[C@H](Cc1ccccc1)N(C(=O)O)[C@H]1CO[C@H]2OCC[C@H]21)S(=O)(=O)c1ccc2c(c1)OCO2. The van der Waals surface area contributed by atoms with E-state index in [4.69, 9.17) is 18.9 Å². The van der Waals surface area contributed by atoms with Crippen LogP contribution in [0, 0.1) is 11.3 Å². The zero-order valence-electron chi connectivity index (χ0n) is 29.0. The zero-order chi connectivity index (χ0) is 37.1. The Morgan fingerprint density at radius 3 is 2.35 bits per heavy atom. The van der Waals surface area contributed by atoms with E-state index in [0.29, 0.717) is 18.8 Å². The fraction of sp³-hybridized carbons (Fsp3) is 0.472. The fourth-order valence-electron chi connectivity index (χ4n) is 7.06. The molecular formula is C36H45N3O11S2. The molecule has 6 rings (SSSR count). The molecule has 3 heterocycles. The van der Waals surface area contributed by atoms with Crippen LogP contribution in [-0.2, 0) is 35.9 Å². The Hall–Kier alpha value is -3.77. The van der Waals surface area contributed by atoms with Crippen molar-refractivity contribution in [3.8, 4) is 11.5 Å². The summed E-state index contributed by atoms with van der Waals surface area (Å²) in [4.78, 5) is 14.3. The number of amides is 1. The minimum Gasteiger partial charge on any atom is -0.465 e. The molecule has 2 saturated heterocycles. The van der Waals surface area contributed by atoms with Gasteiger partial charge in [0.25, 0.3) is 0 Å². The number of nitrogens with one attached hydrogen (secondary N) is 1. The van der Waals surface area contributed by atoms with E-state index in [1.54, 1.807) is 32.0 Å². The molecule has 0 saturated carbocycles. The van der Waals surface area contributed by atoms with Crippen molar-refractivity contribution in [2.75, 3.05) is 39.6 Å². The summed E-state index contributed by atoms with van der Waals surface area (Å²) in [6.07, 6.45) is -2.39. The molecule has 0 aromatic heterocycles. The fourth-order valence-corrected chi connectivity index (χ4v) is 9.78. The van der Waals surface area contributed by atoms with E-state index in [2.05, 4.69) is 4.72 Å². The van der Waals surface area contributed by atoms with Crippen LogP contribution in [0.25, 0.3) is 0 Å². The molecule has 3 aliphatic rings. The number of carbonyl (C=O) groups is 1. The van der Waals surface area contributed by atoms with E-state index in [1.165, 1.54) is 35.2 Å². The van der Waals surface area contributed by atoms with Crippen molar-refractivity contribution in [3.63, 3.8) is 0 Å². The highest BCUT2D eigenvalue weighted by Crippen LogP contribution is 2.38. The zero-order valence-corrected chi connectivity index (χ0v) is 30.7. The molecule has 1 amide bonds. The highest BCUT2D eigenvalue weighted by atomic mass is 32.2. The Labute approximate surface area is 304 Å². The molecule has 0 unspecified atom stereocenters. The van der Waals surface area contributed by atoms with Crippen molar-refractivity contribution in [1.29, 1.82) is 0 Å². The van der Waals surface area contributed by atoms with Crippen LogP contribution < -0.4 is 14.2 Å². The van der Waals surface area contributed by atoms with Crippen molar-refractivity contribution in [2.45, 2.75) is 67.4 Å². The summed E-state index contributed by atoms with van der Waals surface area (Å²) in [6, 6.07) is 19.6. The van der Waals surface area contributed by atoms with Crippen LogP contribution >= 0.6 is 0 Å². The number of carboxylic acid groups (broad SMARTS) is 1. The van der Waals surface area contributed by atoms with Crippen molar-refractivity contribution < 1.29 is 50.8 Å². The van der Waals surface area contributed by atoms with E-state index in [9.17, 15) is 31.8 Å². The van der Waals surface area contributed by atoms with Crippen LogP contribution in [0.3, 0.4) is 0 Å². The maximum absolute atomic E-state index is 14.5. The van der Waals surface area contributed by atoms with Gasteiger partial charge in [-0.15, -0.1) is 0 Å². The Kier molecular flexibility index (Phi) is 11.5. The standard InChI is InChI=1S/C36H45N3O11S2/c1-36(2,16-17-37-51(43,44)26-11-7-4-8-12-26)23-38(52(45,46)27-13-14-32-33(20-27)50-24-49-32)21-31(40)29(19-25-9-5-3-6-10-25)39(35(41)42)30-22-48-34-28(30)15-18-47-34/h3-14,20,28-31,34,37,40H,15-19,21-24H2,1-2H3,(H,41,42)/t28-,29-,30-,31+,34+/m0/s1. The number of ether oxygens (including phenoxy) is 4. The average molecular weight is 760 g/mol. The van der Waals surface area contributed by atoms with Gasteiger partial charge in [-0.05, 0) is 54.5 Å². The molecular weight excluding hydrogens is 715 g/mol. The topological polar surface area (TPSA) is 181 Å². The largest absolute Gasteiger partial charge is 0.465 e. The lowest BCUT2D eigenvalue weighted by molar-refractivity contribution is -0.0906. The van der Waals surface area contributed by atoms with E-state index in [0.717, 1.165) is 9.87 Å². The minimum atomic E-state index is -4.34. The van der Waals surface area contributed by atoms with Crippen LogP contribution in [-0.4, -0.2) is 106 Å². The summed E-state index contributed by atoms with van der Waals surface area (Å²) < 4.78 is 80.8. The third-order valence-corrected chi connectivity index (χ3v) is 13.1. The maximum atomic E-state index is 14.5. The number of aliphatic hydroxyl groups is 1. The Morgan fingerprint density at radius 1 is 0.942 bits per heavy atom. The molecule has 0 radical (unpaired) electrons. The van der Waals surface area contributed by atoms with Gasteiger partial charge in [-0.3, -0.25) is 4.90 Å². The number of benzene rings is 3. The molecule has 14 nitrogen and oxygen atoms in total. The normalized spacial score (nSPS) is 21.2. The third-order valence-electron chi connectivity index (χ3n) is 9.80. The third kappa shape index (κ3) is 8.54. The Bertz CT molecular complexity index is 1910. The van der Waals surface area contributed by atoms with Crippen molar-refractivity contribution >= 4 is 26.1 Å². The van der Waals surface area contributed by atoms with Crippen molar-refractivity contribution in [3.05, 3.63) is 84.4 Å². The molecule has 3 N–H and O–H groups in total. The van der Waals surface area contributed by atoms with Crippen LogP contribution in [0.15, 0.2) is 88.7 Å². The van der Waals surface area contributed by atoms with Gasteiger partial charge < -0.3 is 29.2 Å². The summed E-state index contributed by atoms with van der Waals surface area (Å²) in [7, 11) is -8.15. The lowest BCUT2D eigenvalue weighted by Crippen LogP contribution is -2.58. The monoisotopic (exact) mass is 759 g/mol. The molecule has 3 aromatic carbocycles. The second-order valence-corrected chi connectivity index (χ2v) is 17.7. The molecule has 3 aromatic rings. The molecule has 52 heavy (non-hydrogen) atoms. The van der Waals surface area contributed by atoms with Crippen molar-refractivity contribution in [1.82, 2.24) is 13.9 Å². The van der Waals surface area contributed by atoms with E-state index in [1.807, 2.05) is 30.3 Å². The molecule has 0 aliphatic carbocycles. The van der Waals surface area contributed by atoms with Gasteiger partial charge in [0, 0.05) is 31.6 Å². The van der Waals surface area contributed by atoms with Gasteiger partial charge in [-0.1, -0.05) is 62.4 Å². The van der Waals surface area contributed by atoms with E-state index in [-0.39, 0.29) is 60.8 Å². The molecule has 2 fully saturated rings. The number of hydrogen-bond acceptors (Lipinski definition) is 10. The lowest BCUT2D eigenvalue weighted by Gasteiger charge is -2.40. The average Bonchev–Trinajstić information content (AvgIpc) is 3.87. The second kappa shape index (κ2) is 15.7. The summed E-state index contributed by atoms with van der Waals surface area (Å²) in [6.45, 7) is 3.46.